The van der Waals surface area contributed by atoms with E-state index in [0.29, 0.717) is 12.8 Å². The molecule has 2 aliphatic rings. The van der Waals surface area contributed by atoms with E-state index in [1.54, 1.807) is 16.7 Å². The largest absolute Gasteiger partial charge is 0.294 e. The van der Waals surface area contributed by atoms with Crippen LogP contribution in [0.15, 0.2) is 64.7 Å². The summed E-state index contributed by atoms with van der Waals surface area (Å²) in [6.07, 6.45) is 4.56. The minimum atomic E-state index is -0.127. The van der Waals surface area contributed by atoms with Gasteiger partial charge in [-0.15, -0.1) is 11.8 Å². The normalized spacial score (nSPS) is 20.1. The number of hydrogen-bond donors (Lipinski definition) is 0. The number of nitrogens with zero attached hydrogens (tertiary/aromatic N) is 1. The van der Waals surface area contributed by atoms with Gasteiger partial charge in [-0.05, 0) is 55.9 Å². The fraction of sp³-hybridized carbons (Fsp3) is 0.304. The molecule has 2 aromatic rings. The van der Waals surface area contributed by atoms with Crippen molar-refractivity contribution in [2.75, 3.05) is 11.2 Å². The first-order valence-electron chi connectivity index (χ1n) is 9.38. The van der Waals surface area contributed by atoms with Crippen molar-refractivity contribution in [1.29, 1.82) is 0 Å². The minimum absolute atomic E-state index is 0.0752. The molecule has 1 heterocycles. The molecular formula is C23H23NO2S. The summed E-state index contributed by atoms with van der Waals surface area (Å²) in [7, 11) is 0. The van der Waals surface area contributed by atoms with E-state index in [4.69, 9.17) is 0 Å². The van der Waals surface area contributed by atoms with Crippen LogP contribution in [-0.2, 0) is 9.59 Å². The number of carbonyl (C=O) groups excluding carboxylic acids is 2. The van der Waals surface area contributed by atoms with Crippen LogP contribution >= 0.6 is 11.8 Å². The summed E-state index contributed by atoms with van der Waals surface area (Å²) in [5, 5.41) is 0. The highest BCUT2D eigenvalue weighted by Gasteiger charge is 2.39. The van der Waals surface area contributed by atoms with E-state index in [9.17, 15) is 9.59 Å². The molecule has 1 amide bonds. The van der Waals surface area contributed by atoms with Gasteiger partial charge in [0.15, 0.2) is 5.78 Å². The molecule has 1 atom stereocenters. The Kier molecular flexibility index (Phi) is 4.92. The zero-order chi connectivity index (χ0) is 19.0. The third-order valence-corrected chi connectivity index (χ3v) is 6.23. The van der Waals surface area contributed by atoms with Crippen molar-refractivity contribution in [2.45, 2.75) is 43.4 Å². The van der Waals surface area contributed by atoms with E-state index in [1.165, 1.54) is 4.90 Å². The van der Waals surface area contributed by atoms with Crippen molar-refractivity contribution in [3.63, 3.8) is 0 Å². The highest BCUT2D eigenvalue weighted by molar-refractivity contribution is 7.98. The standard InChI is InChI=1S/C23H23NO2S/c1-15-6-10-17(11-7-15)24-20-4-3-5-21(25)23(20)19(14-22(24)26)16-8-12-18(27-2)13-9-16/h6-13,19H,3-5,14H2,1-2H3. The number of aryl methyl sites for hydroxylation is 1. The fourth-order valence-corrected chi connectivity index (χ4v) is 4.52. The molecule has 0 radical (unpaired) electrons. The number of anilines is 1. The summed E-state index contributed by atoms with van der Waals surface area (Å²) in [5.41, 5.74) is 4.84. The number of rotatable bonds is 3. The SMILES string of the molecule is CSc1ccc(C2CC(=O)N(c3ccc(C)cc3)C3=C2C(=O)CCC3)cc1. The quantitative estimate of drug-likeness (QED) is 0.686. The Bertz CT molecular complexity index is 912. The van der Waals surface area contributed by atoms with Gasteiger partial charge in [0, 0.05) is 40.6 Å². The third-order valence-electron chi connectivity index (χ3n) is 5.49. The van der Waals surface area contributed by atoms with Crippen molar-refractivity contribution in [3.05, 3.63) is 70.9 Å². The number of hydrogen-bond acceptors (Lipinski definition) is 3. The van der Waals surface area contributed by atoms with Crippen molar-refractivity contribution < 1.29 is 9.59 Å². The third kappa shape index (κ3) is 3.34. The first-order chi connectivity index (χ1) is 13.1. The molecule has 0 saturated carbocycles. The number of amides is 1. The maximum absolute atomic E-state index is 13.1. The summed E-state index contributed by atoms with van der Waals surface area (Å²) in [6.45, 7) is 2.03. The summed E-state index contributed by atoms with van der Waals surface area (Å²) in [6, 6.07) is 16.3. The molecule has 1 unspecified atom stereocenters. The molecule has 0 aromatic heterocycles. The van der Waals surface area contributed by atoms with Gasteiger partial charge in [0.1, 0.15) is 0 Å². The van der Waals surface area contributed by atoms with E-state index >= 15 is 0 Å². The summed E-state index contributed by atoms with van der Waals surface area (Å²) in [4.78, 5) is 29.0. The monoisotopic (exact) mass is 377 g/mol. The van der Waals surface area contributed by atoms with Crippen LogP contribution in [0.3, 0.4) is 0 Å². The van der Waals surface area contributed by atoms with Crippen LogP contribution in [0.25, 0.3) is 0 Å². The molecule has 0 saturated heterocycles. The zero-order valence-corrected chi connectivity index (χ0v) is 16.5. The fourth-order valence-electron chi connectivity index (χ4n) is 4.11. The Morgan fingerprint density at radius 3 is 2.33 bits per heavy atom. The Labute approximate surface area is 164 Å². The van der Waals surface area contributed by atoms with Gasteiger partial charge in [-0.25, -0.2) is 0 Å². The van der Waals surface area contributed by atoms with E-state index < -0.39 is 0 Å². The van der Waals surface area contributed by atoms with E-state index in [-0.39, 0.29) is 17.6 Å². The van der Waals surface area contributed by atoms with Crippen LogP contribution in [0.4, 0.5) is 5.69 Å². The Hall–Kier alpha value is -2.33. The number of benzene rings is 2. The Morgan fingerprint density at radius 2 is 1.67 bits per heavy atom. The molecular weight excluding hydrogens is 354 g/mol. The van der Waals surface area contributed by atoms with Crippen LogP contribution < -0.4 is 4.90 Å². The van der Waals surface area contributed by atoms with E-state index in [2.05, 4.69) is 24.3 Å². The smallest absolute Gasteiger partial charge is 0.232 e. The summed E-state index contributed by atoms with van der Waals surface area (Å²) < 4.78 is 0. The van der Waals surface area contributed by atoms with Crippen molar-refractivity contribution >= 4 is 29.1 Å². The van der Waals surface area contributed by atoms with Gasteiger partial charge >= 0.3 is 0 Å². The molecule has 4 rings (SSSR count). The predicted octanol–water partition coefficient (Wildman–Crippen LogP) is 5.24. The topological polar surface area (TPSA) is 37.4 Å². The van der Waals surface area contributed by atoms with Crippen LogP contribution in [0, 0.1) is 6.92 Å². The number of thioether (sulfide) groups is 1. The maximum atomic E-state index is 13.1. The lowest BCUT2D eigenvalue weighted by Gasteiger charge is -2.38. The highest BCUT2D eigenvalue weighted by Crippen LogP contribution is 2.43. The second kappa shape index (κ2) is 7.35. The Balaban J connectivity index is 1.81. The van der Waals surface area contributed by atoms with Gasteiger partial charge in [-0.1, -0.05) is 29.8 Å². The van der Waals surface area contributed by atoms with Crippen LogP contribution in [0.1, 0.15) is 42.7 Å². The Morgan fingerprint density at radius 1 is 0.963 bits per heavy atom. The lowest BCUT2D eigenvalue weighted by Crippen LogP contribution is -2.40. The van der Waals surface area contributed by atoms with E-state index in [1.807, 2.05) is 37.4 Å². The molecule has 0 bridgehead atoms. The van der Waals surface area contributed by atoms with Gasteiger partial charge < -0.3 is 0 Å². The molecule has 2 aromatic carbocycles. The molecule has 138 valence electrons. The first kappa shape index (κ1) is 18.1. The number of carbonyl (C=O) groups is 2. The number of ketones is 1. The predicted molar refractivity (Wildman–Crippen MR) is 110 cm³/mol. The summed E-state index contributed by atoms with van der Waals surface area (Å²) in [5.74, 6) is 0.143. The molecule has 27 heavy (non-hydrogen) atoms. The van der Waals surface area contributed by atoms with Gasteiger partial charge in [-0.2, -0.15) is 0 Å². The molecule has 3 nitrogen and oxygen atoms in total. The van der Waals surface area contributed by atoms with Crippen LogP contribution in [-0.4, -0.2) is 17.9 Å². The van der Waals surface area contributed by atoms with E-state index in [0.717, 1.165) is 40.9 Å². The lowest BCUT2D eigenvalue weighted by atomic mass is 9.77. The number of Topliss-reactive ketones (excluding diaryl/α,β-unsaturated/α-hetero) is 1. The van der Waals surface area contributed by atoms with Crippen LogP contribution in [0.5, 0.6) is 0 Å². The molecule has 4 heteroatoms. The second-order valence-corrected chi connectivity index (χ2v) is 8.11. The zero-order valence-electron chi connectivity index (χ0n) is 15.7. The highest BCUT2D eigenvalue weighted by atomic mass is 32.2. The van der Waals surface area contributed by atoms with Crippen molar-refractivity contribution in [1.82, 2.24) is 0 Å². The average molecular weight is 378 g/mol. The van der Waals surface area contributed by atoms with Crippen molar-refractivity contribution in [2.24, 2.45) is 0 Å². The molecule has 0 N–H and O–H groups in total. The van der Waals surface area contributed by atoms with Gasteiger partial charge in [-0.3, -0.25) is 14.5 Å². The molecule has 0 spiro atoms. The summed E-state index contributed by atoms with van der Waals surface area (Å²) >= 11 is 1.69. The maximum Gasteiger partial charge on any atom is 0.232 e. The molecule has 0 fully saturated rings. The van der Waals surface area contributed by atoms with Gasteiger partial charge in [0.05, 0.1) is 0 Å². The number of allylic oxidation sites excluding steroid dienone is 2. The molecule has 1 aliphatic carbocycles. The molecule has 1 aliphatic heterocycles. The van der Waals surface area contributed by atoms with Gasteiger partial charge in [0.25, 0.3) is 0 Å². The first-order valence-corrected chi connectivity index (χ1v) is 10.6. The van der Waals surface area contributed by atoms with Crippen LogP contribution in [0.2, 0.25) is 0 Å². The van der Waals surface area contributed by atoms with Gasteiger partial charge in [0.2, 0.25) is 5.91 Å². The second-order valence-electron chi connectivity index (χ2n) is 7.23. The average Bonchev–Trinajstić information content (AvgIpc) is 2.69. The minimum Gasteiger partial charge on any atom is -0.294 e. The lowest BCUT2D eigenvalue weighted by molar-refractivity contribution is -0.119. The van der Waals surface area contributed by atoms with Crippen molar-refractivity contribution in [3.8, 4) is 0 Å².